The van der Waals surface area contributed by atoms with E-state index in [1.54, 1.807) is 30.3 Å². The first-order chi connectivity index (χ1) is 12.5. The fourth-order valence-electron chi connectivity index (χ4n) is 2.76. The van der Waals surface area contributed by atoms with Crippen molar-refractivity contribution in [2.24, 2.45) is 4.99 Å². The first-order valence-electron chi connectivity index (χ1n) is 7.71. The number of aromatic carboxylic acids is 1. The number of carboxylic acids is 1. The lowest BCUT2D eigenvalue weighted by molar-refractivity contribution is 0.0697. The summed E-state index contributed by atoms with van der Waals surface area (Å²) in [7, 11) is 0. The predicted octanol–water partition coefficient (Wildman–Crippen LogP) is 5.81. The average Bonchev–Trinajstić information content (AvgIpc) is 2.77. The molecule has 0 amide bonds. The van der Waals surface area contributed by atoms with Crippen LogP contribution in [0.2, 0.25) is 5.02 Å². The molecule has 0 aliphatic carbocycles. The summed E-state index contributed by atoms with van der Waals surface area (Å²) < 4.78 is 13.9. The first kappa shape index (κ1) is 16.8. The smallest absolute Gasteiger partial charge is 0.335 e. The van der Waals surface area contributed by atoms with Crippen molar-refractivity contribution in [3.63, 3.8) is 0 Å². The highest BCUT2D eigenvalue weighted by atomic mass is 35.5. The molecule has 1 N–H and O–H groups in total. The Morgan fingerprint density at radius 3 is 2.62 bits per heavy atom. The van der Waals surface area contributed by atoms with Crippen molar-refractivity contribution in [3.05, 3.63) is 88.2 Å². The number of aliphatic imine (C=N–C) groups is 1. The van der Waals surface area contributed by atoms with Crippen molar-refractivity contribution in [2.45, 2.75) is 9.79 Å². The van der Waals surface area contributed by atoms with Crippen LogP contribution in [0.15, 0.2) is 75.4 Å². The van der Waals surface area contributed by atoms with Crippen molar-refractivity contribution in [1.82, 2.24) is 0 Å². The number of fused-ring (bicyclic) bond motifs is 2. The van der Waals surface area contributed by atoms with Gasteiger partial charge in [0.15, 0.2) is 0 Å². The Hall–Kier alpha value is -2.63. The van der Waals surface area contributed by atoms with E-state index in [1.165, 1.54) is 36.0 Å². The van der Waals surface area contributed by atoms with Crippen molar-refractivity contribution in [2.75, 3.05) is 0 Å². The van der Waals surface area contributed by atoms with Gasteiger partial charge < -0.3 is 5.11 Å². The molecule has 0 atom stereocenters. The van der Waals surface area contributed by atoms with Gasteiger partial charge in [-0.1, -0.05) is 35.5 Å². The van der Waals surface area contributed by atoms with Crippen LogP contribution in [0.25, 0.3) is 0 Å². The molecule has 3 aromatic rings. The molecule has 0 saturated carbocycles. The molecule has 26 heavy (non-hydrogen) atoms. The fraction of sp³-hybridized carbons (Fsp3) is 0. The van der Waals surface area contributed by atoms with E-state index >= 15 is 0 Å². The summed E-state index contributed by atoms with van der Waals surface area (Å²) >= 11 is 7.55. The zero-order chi connectivity index (χ0) is 18.3. The second-order valence-electron chi connectivity index (χ2n) is 5.70. The Labute approximate surface area is 158 Å². The van der Waals surface area contributed by atoms with Gasteiger partial charge in [0.1, 0.15) is 5.82 Å². The summed E-state index contributed by atoms with van der Waals surface area (Å²) in [4.78, 5) is 17.6. The van der Waals surface area contributed by atoms with Crippen molar-refractivity contribution < 1.29 is 14.3 Å². The molecule has 0 spiro atoms. The average molecular weight is 384 g/mol. The highest BCUT2D eigenvalue weighted by molar-refractivity contribution is 7.99. The van der Waals surface area contributed by atoms with E-state index in [-0.39, 0.29) is 11.4 Å². The largest absolute Gasteiger partial charge is 0.478 e. The molecular weight excluding hydrogens is 373 g/mol. The number of carbonyl (C=O) groups is 1. The van der Waals surface area contributed by atoms with Crippen LogP contribution in [0.5, 0.6) is 0 Å². The fourth-order valence-corrected chi connectivity index (χ4v) is 3.93. The quantitative estimate of drug-likeness (QED) is 0.475. The predicted molar refractivity (Wildman–Crippen MR) is 101 cm³/mol. The lowest BCUT2D eigenvalue weighted by Crippen LogP contribution is -2.04. The third kappa shape index (κ3) is 3.11. The second-order valence-corrected chi connectivity index (χ2v) is 7.22. The molecule has 0 fully saturated rings. The van der Waals surface area contributed by atoms with Crippen molar-refractivity contribution >= 4 is 40.7 Å². The highest BCUT2D eigenvalue weighted by Gasteiger charge is 2.20. The number of carboxylic acid groups (broad SMARTS) is 1. The maximum absolute atomic E-state index is 13.9. The van der Waals surface area contributed by atoms with E-state index in [9.17, 15) is 14.3 Å². The highest BCUT2D eigenvalue weighted by Crippen LogP contribution is 2.42. The number of benzene rings is 3. The van der Waals surface area contributed by atoms with Gasteiger partial charge in [-0.2, -0.15) is 0 Å². The van der Waals surface area contributed by atoms with Crippen LogP contribution in [-0.4, -0.2) is 16.8 Å². The molecular formula is C20H11ClFNO2S. The molecule has 0 unspecified atom stereocenters. The van der Waals surface area contributed by atoms with Crippen LogP contribution in [0.4, 0.5) is 10.1 Å². The summed E-state index contributed by atoms with van der Waals surface area (Å²) in [5.74, 6) is -1.39. The van der Waals surface area contributed by atoms with Gasteiger partial charge in [-0.15, -0.1) is 0 Å². The standard InChI is InChI=1S/C20H11ClFNO2S/c21-13-3-1-2-11(8-13)19-15-10-14(22)5-7-17(15)26-18-6-4-12(20(24)25)9-16(18)23-19/h1-10H,(H,24,25). The van der Waals surface area contributed by atoms with E-state index in [1.807, 2.05) is 6.07 Å². The number of halogens is 2. The van der Waals surface area contributed by atoms with Gasteiger partial charge in [0.25, 0.3) is 0 Å². The summed E-state index contributed by atoms with van der Waals surface area (Å²) in [5.41, 5.74) is 2.61. The number of hydrogen-bond donors (Lipinski definition) is 1. The maximum atomic E-state index is 13.9. The summed E-state index contributed by atoms with van der Waals surface area (Å²) in [6.07, 6.45) is 0. The van der Waals surface area contributed by atoms with Gasteiger partial charge in [-0.3, -0.25) is 0 Å². The van der Waals surface area contributed by atoms with Crippen LogP contribution in [0.3, 0.4) is 0 Å². The lowest BCUT2D eigenvalue weighted by Gasteiger charge is -2.09. The van der Waals surface area contributed by atoms with Crippen molar-refractivity contribution in [3.8, 4) is 0 Å². The number of hydrogen-bond acceptors (Lipinski definition) is 3. The van der Waals surface area contributed by atoms with Crippen LogP contribution >= 0.6 is 23.4 Å². The Morgan fingerprint density at radius 2 is 1.85 bits per heavy atom. The Morgan fingerprint density at radius 1 is 1.04 bits per heavy atom. The topological polar surface area (TPSA) is 49.7 Å². The van der Waals surface area contributed by atoms with Crippen LogP contribution in [0.1, 0.15) is 21.5 Å². The minimum atomic E-state index is -1.02. The SMILES string of the molecule is O=C(O)c1ccc2c(c1)N=C(c1cccc(Cl)c1)c1cc(F)ccc1S2. The number of nitrogens with zero attached hydrogens (tertiary/aromatic N) is 1. The molecule has 6 heteroatoms. The van der Waals surface area contributed by atoms with Gasteiger partial charge in [0.2, 0.25) is 0 Å². The molecule has 1 aliphatic heterocycles. The van der Waals surface area contributed by atoms with E-state index < -0.39 is 5.97 Å². The van der Waals surface area contributed by atoms with Gasteiger partial charge >= 0.3 is 5.97 Å². The minimum absolute atomic E-state index is 0.149. The minimum Gasteiger partial charge on any atom is -0.478 e. The Kier molecular flexibility index (Phi) is 4.26. The zero-order valence-electron chi connectivity index (χ0n) is 13.2. The number of rotatable bonds is 2. The van der Waals surface area contributed by atoms with E-state index in [2.05, 4.69) is 4.99 Å². The van der Waals surface area contributed by atoms with Gasteiger partial charge in [-0.05, 0) is 48.5 Å². The van der Waals surface area contributed by atoms with Crippen LogP contribution in [0, 0.1) is 5.82 Å². The molecule has 3 aromatic carbocycles. The van der Waals surface area contributed by atoms with Gasteiger partial charge in [0, 0.05) is 25.9 Å². The third-order valence-corrected chi connectivity index (χ3v) is 5.33. The summed E-state index contributed by atoms with van der Waals surface area (Å²) in [6.45, 7) is 0. The zero-order valence-corrected chi connectivity index (χ0v) is 14.8. The molecule has 1 aliphatic rings. The normalized spacial score (nSPS) is 12.6. The molecule has 0 saturated heterocycles. The van der Waals surface area contributed by atoms with Gasteiger partial charge in [0.05, 0.1) is 17.0 Å². The molecule has 0 bridgehead atoms. The molecule has 128 valence electrons. The third-order valence-electron chi connectivity index (χ3n) is 3.95. The molecule has 0 radical (unpaired) electrons. The monoisotopic (exact) mass is 383 g/mol. The molecule has 1 heterocycles. The molecule has 3 nitrogen and oxygen atoms in total. The van der Waals surface area contributed by atoms with Crippen LogP contribution < -0.4 is 0 Å². The van der Waals surface area contributed by atoms with E-state index in [0.29, 0.717) is 22.0 Å². The first-order valence-corrected chi connectivity index (χ1v) is 8.90. The molecule has 4 rings (SSSR count). The second kappa shape index (κ2) is 6.59. The van der Waals surface area contributed by atoms with Crippen molar-refractivity contribution in [1.29, 1.82) is 0 Å². The van der Waals surface area contributed by atoms with Gasteiger partial charge in [-0.25, -0.2) is 14.2 Å². The van der Waals surface area contributed by atoms with E-state index in [0.717, 1.165) is 15.4 Å². The maximum Gasteiger partial charge on any atom is 0.335 e. The molecule has 0 aromatic heterocycles. The van der Waals surface area contributed by atoms with Crippen LogP contribution in [-0.2, 0) is 0 Å². The summed E-state index contributed by atoms with van der Waals surface area (Å²) in [5, 5.41) is 9.80. The Balaban J connectivity index is 2.00. The Bertz CT molecular complexity index is 1080. The summed E-state index contributed by atoms with van der Waals surface area (Å²) in [6, 6.07) is 16.5. The lowest BCUT2D eigenvalue weighted by atomic mass is 10.0. The van der Waals surface area contributed by atoms with E-state index in [4.69, 9.17) is 11.6 Å².